The first-order valence-corrected chi connectivity index (χ1v) is 16.1. The first-order valence-electron chi connectivity index (χ1n) is 16.1. The quantitative estimate of drug-likeness (QED) is 0.107. The lowest BCUT2D eigenvalue weighted by atomic mass is 9.99. The van der Waals surface area contributed by atoms with Crippen molar-refractivity contribution in [1.29, 1.82) is 0 Å². The summed E-state index contributed by atoms with van der Waals surface area (Å²) in [4.78, 5) is 0. The van der Waals surface area contributed by atoms with Crippen molar-refractivity contribution in [1.82, 2.24) is 0 Å². The van der Waals surface area contributed by atoms with Crippen LogP contribution in [0, 0.1) is 0 Å². The van der Waals surface area contributed by atoms with E-state index in [4.69, 9.17) is 0 Å². The molecule has 2 heteroatoms. The van der Waals surface area contributed by atoms with Crippen LogP contribution in [0.5, 0.6) is 0 Å². The van der Waals surface area contributed by atoms with Crippen LogP contribution in [0.1, 0.15) is 156 Å². The third kappa shape index (κ3) is 13.3. The van der Waals surface area contributed by atoms with Crippen LogP contribution in [0.25, 0.3) is 0 Å². The minimum absolute atomic E-state index is 0.808. The average Bonchev–Trinajstić information content (AvgIpc) is 2.80. The second-order valence-corrected chi connectivity index (χ2v) is 12.8. The minimum Gasteiger partial charge on any atom is -0.314 e. The van der Waals surface area contributed by atoms with Crippen molar-refractivity contribution >= 4 is 0 Å². The maximum absolute atomic E-state index is 2.57. The van der Waals surface area contributed by atoms with Gasteiger partial charge in [0.25, 0.3) is 0 Å². The van der Waals surface area contributed by atoms with Gasteiger partial charge in [-0.3, -0.25) is 0 Å². The third-order valence-corrected chi connectivity index (χ3v) is 9.54. The van der Waals surface area contributed by atoms with Crippen molar-refractivity contribution in [2.24, 2.45) is 0 Å². The molecule has 0 aliphatic carbocycles. The van der Waals surface area contributed by atoms with Crippen LogP contribution in [0.15, 0.2) is 0 Å². The summed E-state index contributed by atoms with van der Waals surface area (Å²) >= 11 is 0. The first-order chi connectivity index (χ1) is 16.4. The van der Waals surface area contributed by atoms with E-state index in [1.54, 1.807) is 0 Å². The van der Waals surface area contributed by atoms with Gasteiger partial charge in [-0.2, -0.15) is 0 Å². The molecule has 1 rings (SSSR count). The molecule has 1 fully saturated rings. The molecule has 0 aromatic heterocycles. The number of hydrogen-bond acceptors (Lipinski definition) is 0. The number of quaternary nitrogens is 2. The number of piperazine rings is 1. The van der Waals surface area contributed by atoms with Crippen molar-refractivity contribution < 1.29 is 8.97 Å². The van der Waals surface area contributed by atoms with E-state index in [0.29, 0.717) is 0 Å². The lowest BCUT2D eigenvalue weighted by molar-refractivity contribution is -1.05. The molecule has 0 bridgehead atoms. The standard InChI is InChI=1S/C32H68N2/c1-7-9-11-13-15-17-19-21-23-25-27-33(5)29-32(4)34(6,30-31(33)3)28-26-24-22-20-18-16-14-12-10-8-2/h31-32H,7-30H2,1-6H3/q+2/t31-,32-,33?,34?/m0/s1. The Morgan fingerprint density at radius 2 is 0.647 bits per heavy atom. The molecular formula is C32H68N2+2. The zero-order chi connectivity index (χ0) is 25.1. The van der Waals surface area contributed by atoms with Crippen molar-refractivity contribution in [2.45, 2.75) is 168 Å². The molecule has 0 spiro atoms. The maximum atomic E-state index is 2.57. The molecule has 1 heterocycles. The second-order valence-electron chi connectivity index (χ2n) is 12.8. The Hall–Kier alpha value is -0.0800. The molecule has 2 unspecified atom stereocenters. The van der Waals surface area contributed by atoms with Crippen molar-refractivity contribution in [3.8, 4) is 0 Å². The Kier molecular flexibility index (Phi) is 17.9. The summed E-state index contributed by atoms with van der Waals surface area (Å²) in [6, 6.07) is 1.62. The summed E-state index contributed by atoms with van der Waals surface area (Å²) in [5, 5.41) is 0. The molecular weight excluding hydrogens is 412 g/mol. The third-order valence-electron chi connectivity index (χ3n) is 9.54. The smallest absolute Gasteiger partial charge is 0.136 e. The molecule has 34 heavy (non-hydrogen) atoms. The summed E-state index contributed by atoms with van der Waals surface area (Å²) in [7, 11) is 5.14. The lowest BCUT2D eigenvalue weighted by Gasteiger charge is -2.54. The topological polar surface area (TPSA) is 0 Å². The van der Waals surface area contributed by atoms with E-state index in [1.165, 1.54) is 164 Å². The molecule has 0 aromatic rings. The fourth-order valence-corrected chi connectivity index (χ4v) is 6.51. The Morgan fingerprint density at radius 3 is 0.912 bits per heavy atom. The maximum Gasteiger partial charge on any atom is 0.136 e. The van der Waals surface area contributed by atoms with Gasteiger partial charge in [-0.25, -0.2) is 0 Å². The van der Waals surface area contributed by atoms with E-state index in [1.807, 2.05) is 0 Å². The summed E-state index contributed by atoms with van der Waals surface area (Å²) in [6.07, 6.45) is 29.0. The van der Waals surface area contributed by atoms with Gasteiger partial charge in [0.1, 0.15) is 25.2 Å². The van der Waals surface area contributed by atoms with Gasteiger partial charge in [-0.15, -0.1) is 0 Å². The number of hydrogen-bond donors (Lipinski definition) is 0. The van der Waals surface area contributed by atoms with Crippen LogP contribution in [0.3, 0.4) is 0 Å². The Morgan fingerprint density at radius 1 is 0.412 bits per heavy atom. The molecule has 0 radical (unpaired) electrons. The highest BCUT2D eigenvalue weighted by molar-refractivity contribution is 4.66. The van der Waals surface area contributed by atoms with Gasteiger partial charge in [0.15, 0.2) is 0 Å². The summed E-state index contributed by atoms with van der Waals surface area (Å²) in [5.74, 6) is 0. The predicted molar refractivity (Wildman–Crippen MR) is 154 cm³/mol. The van der Waals surface area contributed by atoms with Crippen LogP contribution in [0.4, 0.5) is 0 Å². The predicted octanol–water partition coefficient (Wildman–Crippen LogP) is 9.51. The molecule has 1 aliphatic rings. The van der Waals surface area contributed by atoms with Crippen molar-refractivity contribution in [3.05, 3.63) is 0 Å². The number of nitrogens with zero attached hydrogens (tertiary/aromatic N) is 2. The molecule has 2 nitrogen and oxygen atoms in total. The SMILES string of the molecule is CCCCCCCCCCCC[N+]1(C)C[C@H](C)[N+](C)(CCCCCCCCCCCC)C[C@@H]1C. The first kappa shape index (κ1) is 31.9. The fraction of sp³-hybridized carbons (Fsp3) is 1.00. The molecule has 1 saturated heterocycles. The second kappa shape index (κ2) is 19.1. The van der Waals surface area contributed by atoms with E-state index in [2.05, 4.69) is 41.8 Å². The van der Waals surface area contributed by atoms with Gasteiger partial charge in [0.05, 0.1) is 27.2 Å². The average molecular weight is 481 g/mol. The zero-order valence-corrected chi connectivity index (χ0v) is 25.0. The van der Waals surface area contributed by atoms with Crippen molar-refractivity contribution in [3.63, 3.8) is 0 Å². The highest BCUT2D eigenvalue weighted by atomic mass is 15.5. The van der Waals surface area contributed by atoms with Crippen LogP contribution in [-0.2, 0) is 0 Å². The highest BCUT2D eigenvalue weighted by Gasteiger charge is 2.46. The molecule has 4 atom stereocenters. The number of unbranched alkanes of at least 4 members (excludes halogenated alkanes) is 18. The van der Waals surface area contributed by atoms with E-state index in [9.17, 15) is 0 Å². The molecule has 0 aromatic carbocycles. The van der Waals surface area contributed by atoms with Crippen LogP contribution in [0.2, 0.25) is 0 Å². The number of likely N-dealkylation sites (N-methyl/N-ethyl adjacent to an activating group) is 2. The molecule has 0 N–H and O–H groups in total. The van der Waals surface area contributed by atoms with Gasteiger partial charge in [-0.05, 0) is 39.5 Å². The van der Waals surface area contributed by atoms with E-state index in [0.717, 1.165) is 12.1 Å². The van der Waals surface area contributed by atoms with E-state index < -0.39 is 0 Å². The highest BCUT2D eigenvalue weighted by Crippen LogP contribution is 2.28. The van der Waals surface area contributed by atoms with Gasteiger partial charge < -0.3 is 8.97 Å². The largest absolute Gasteiger partial charge is 0.314 e. The number of rotatable bonds is 22. The Labute approximate surface area is 217 Å². The van der Waals surface area contributed by atoms with Gasteiger partial charge >= 0.3 is 0 Å². The summed E-state index contributed by atoms with van der Waals surface area (Å²) < 4.78 is 2.65. The molecule has 1 aliphatic heterocycles. The van der Waals surface area contributed by atoms with Crippen LogP contribution >= 0.6 is 0 Å². The lowest BCUT2D eigenvalue weighted by Crippen LogP contribution is -2.72. The van der Waals surface area contributed by atoms with Crippen molar-refractivity contribution in [2.75, 3.05) is 40.3 Å². The van der Waals surface area contributed by atoms with Crippen LogP contribution < -0.4 is 0 Å². The van der Waals surface area contributed by atoms with Gasteiger partial charge in [0, 0.05) is 0 Å². The summed E-state index contributed by atoms with van der Waals surface area (Å²) in [6.45, 7) is 15.3. The summed E-state index contributed by atoms with van der Waals surface area (Å²) in [5.41, 5.74) is 0. The Balaban J connectivity index is 2.16. The zero-order valence-electron chi connectivity index (χ0n) is 25.0. The minimum atomic E-state index is 0.808. The molecule has 204 valence electrons. The normalized spacial score (nSPS) is 27.4. The van der Waals surface area contributed by atoms with Gasteiger partial charge in [0.2, 0.25) is 0 Å². The molecule has 0 saturated carbocycles. The molecule has 0 amide bonds. The van der Waals surface area contributed by atoms with Gasteiger partial charge in [-0.1, -0.05) is 117 Å². The van der Waals surface area contributed by atoms with Crippen LogP contribution in [-0.4, -0.2) is 61.3 Å². The fourth-order valence-electron chi connectivity index (χ4n) is 6.51. The van der Waals surface area contributed by atoms with E-state index >= 15 is 0 Å². The van der Waals surface area contributed by atoms with E-state index in [-0.39, 0.29) is 0 Å². The monoisotopic (exact) mass is 481 g/mol. The Bertz CT molecular complexity index is 422.